The van der Waals surface area contributed by atoms with Crippen LogP contribution < -0.4 is 0 Å². The second-order valence-corrected chi connectivity index (χ2v) is 5.67. The quantitative estimate of drug-likeness (QED) is 0.726. The van der Waals surface area contributed by atoms with Crippen LogP contribution in [-0.4, -0.2) is 30.5 Å². The minimum absolute atomic E-state index is 0.0783. The second-order valence-electron chi connectivity index (χ2n) is 5.67. The van der Waals surface area contributed by atoms with Crippen LogP contribution in [0.1, 0.15) is 22.2 Å². The molecule has 3 aromatic rings. The van der Waals surface area contributed by atoms with Crippen molar-refractivity contribution in [3.63, 3.8) is 0 Å². The first kappa shape index (κ1) is 14.0. The van der Waals surface area contributed by atoms with Crippen molar-refractivity contribution in [2.45, 2.75) is 6.10 Å². The Labute approximate surface area is 134 Å². The number of carbonyl (C=O) groups excluding carboxylic acids is 1. The van der Waals surface area contributed by atoms with Gasteiger partial charge in [0.2, 0.25) is 0 Å². The van der Waals surface area contributed by atoms with Gasteiger partial charge in [0.1, 0.15) is 11.7 Å². The number of rotatable bonds is 2. The van der Waals surface area contributed by atoms with E-state index < -0.39 is 0 Å². The van der Waals surface area contributed by atoms with Gasteiger partial charge >= 0.3 is 0 Å². The lowest BCUT2D eigenvalue weighted by Crippen LogP contribution is -2.42. The first-order chi connectivity index (χ1) is 11.3. The smallest absolute Gasteiger partial charge is 0.289 e. The summed E-state index contributed by atoms with van der Waals surface area (Å²) < 4.78 is 11.5. The minimum atomic E-state index is -0.0849. The third-order valence-corrected chi connectivity index (χ3v) is 4.16. The number of furan rings is 1. The third kappa shape index (κ3) is 2.73. The van der Waals surface area contributed by atoms with Crippen molar-refractivity contribution in [2.24, 2.45) is 0 Å². The summed E-state index contributed by atoms with van der Waals surface area (Å²) >= 11 is 0. The van der Waals surface area contributed by atoms with E-state index in [4.69, 9.17) is 9.15 Å². The van der Waals surface area contributed by atoms with Gasteiger partial charge in [0.05, 0.1) is 13.2 Å². The maximum absolute atomic E-state index is 12.7. The molecule has 2 heterocycles. The first-order valence-corrected chi connectivity index (χ1v) is 7.76. The number of hydrogen-bond donors (Lipinski definition) is 0. The molecule has 116 valence electrons. The topological polar surface area (TPSA) is 42.7 Å². The fraction of sp³-hybridized carbons (Fsp3) is 0.211. The van der Waals surface area contributed by atoms with E-state index in [0.29, 0.717) is 25.5 Å². The van der Waals surface area contributed by atoms with Crippen LogP contribution in [0.15, 0.2) is 65.1 Å². The van der Waals surface area contributed by atoms with Crippen molar-refractivity contribution in [3.05, 3.63) is 72.0 Å². The molecular formula is C19H17NO3. The largest absolute Gasteiger partial charge is 0.451 e. The van der Waals surface area contributed by atoms with Gasteiger partial charge in [0.15, 0.2) is 5.76 Å². The number of hydrogen-bond acceptors (Lipinski definition) is 3. The highest BCUT2D eigenvalue weighted by Gasteiger charge is 2.27. The summed E-state index contributed by atoms with van der Waals surface area (Å²) in [7, 11) is 0. The van der Waals surface area contributed by atoms with Crippen LogP contribution in [-0.2, 0) is 4.74 Å². The van der Waals surface area contributed by atoms with E-state index in [9.17, 15) is 4.79 Å². The van der Waals surface area contributed by atoms with Crippen molar-refractivity contribution >= 4 is 16.9 Å². The molecule has 0 radical (unpaired) electrons. The molecule has 0 spiro atoms. The molecule has 4 rings (SSSR count). The fourth-order valence-electron chi connectivity index (χ4n) is 2.95. The molecule has 1 unspecified atom stereocenters. The van der Waals surface area contributed by atoms with Gasteiger partial charge in [-0.3, -0.25) is 4.79 Å². The highest BCUT2D eigenvalue weighted by Crippen LogP contribution is 2.25. The second kappa shape index (κ2) is 5.89. The molecule has 1 aromatic heterocycles. The number of ether oxygens (including phenoxy) is 1. The predicted molar refractivity (Wildman–Crippen MR) is 87.3 cm³/mol. The Balaban J connectivity index is 1.56. The van der Waals surface area contributed by atoms with Crippen LogP contribution in [0.4, 0.5) is 0 Å². The van der Waals surface area contributed by atoms with E-state index >= 15 is 0 Å². The van der Waals surface area contributed by atoms with Gasteiger partial charge in [-0.15, -0.1) is 0 Å². The predicted octanol–water partition coefficient (Wildman–Crippen LogP) is 3.65. The number of nitrogens with zero attached hydrogens (tertiary/aromatic N) is 1. The van der Waals surface area contributed by atoms with Crippen LogP contribution in [0.25, 0.3) is 11.0 Å². The summed E-state index contributed by atoms with van der Waals surface area (Å²) in [6.07, 6.45) is -0.0849. The van der Waals surface area contributed by atoms with Gasteiger partial charge in [-0.2, -0.15) is 0 Å². The van der Waals surface area contributed by atoms with Crippen LogP contribution in [0.2, 0.25) is 0 Å². The molecule has 4 heteroatoms. The Morgan fingerprint density at radius 3 is 2.65 bits per heavy atom. The zero-order chi connectivity index (χ0) is 15.6. The van der Waals surface area contributed by atoms with E-state index in [1.165, 1.54) is 0 Å². The number of fused-ring (bicyclic) bond motifs is 1. The molecule has 0 N–H and O–H groups in total. The molecule has 0 aliphatic carbocycles. The van der Waals surface area contributed by atoms with Crippen LogP contribution in [0.5, 0.6) is 0 Å². The lowest BCUT2D eigenvalue weighted by atomic mass is 10.1. The third-order valence-electron chi connectivity index (χ3n) is 4.16. The van der Waals surface area contributed by atoms with Gasteiger partial charge in [-0.25, -0.2) is 0 Å². The molecule has 2 aromatic carbocycles. The van der Waals surface area contributed by atoms with E-state index in [1.807, 2.05) is 60.7 Å². The molecule has 4 nitrogen and oxygen atoms in total. The van der Waals surface area contributed by atoms with Gasteiger partial charge in [-0.05, 0) is 17.7 Å². The van der Waals surface area contributed by atoms with Crippen molar-refractivity contribution in [1.82, 2.24) is 4.90 Å². The Kier molecular flexibility index (Phi) is 3.60. The molecule has 1 amide bonds. The summed E-state index contributed by atoms with van der Waals surface area (Å²) in [4.78, 5) is 14.5. The summed E-state index contributed by atoms with van der Waals surface area (Å²) in [5, 5.41) is 0.948. The van der Waals surface area contributed by atoms with Gasteiger partial charge in [-0.1, -0.05) is 48.5 Å². The van der Waals surface area contributed by atoms with E-state index in [1.54, 1.807) is 4.90 Å². The average Bonchev–Trinajstić information content (AvgIpc) is 3.06. The molecule has 0 bridgehead atoms. The van der Waals surface area contributed by atoms with Crippen molar-refractivity contribution in [2.75, 3.05) is 19.7 Å². The normalized spacial score (nSPS) is 18.3. The highest BCUT2D eigenvalue weighted by molar-refractivity contribution is 5.96. The summed E-state index contributed by atoms with van der Waals surface area (Å²) in [5.74, 6) is 0.311. The lowest BCUT2D eigenvalue weighted by Gasteiger charge is -2.32. The Morgan fingerprint density at radius 1 is 1.04 bits per heavy atom. The van der Waals surface area contributed by atoms with E-state index in [-0.39, 0.29) is 12.0 Å². The fourth-order valence-corrected chi connectivity index (χ4v) is 2.95. The number of morpholine rings is 1. The SMILES string of the molecule is O=C(c1cc2ccccc2o1)N1CCOC(c2ccccc2)C1. The lowest BCUT2D eigenvalue weighted by molar-refractivity contribution is -0.0237. The molecule has 23 heavy (non-hydrogen) atoms. The number of amides is 1. The van der Waals surface area contributed by atoms with E-state index in [0.717, 1.165) is 16.5 Å². The standard InChI is InChI=1S/C19H17NO3/c21-19(17-12-15-8-4-5-9-16(15)23-17)20-10-11-22-18(13-20)14-6-2-1-3-7-14/h1-9,12,18H,10-11,13H2. The molecule has 1 atom stereocenters. The van der Waals surface area contributed by atoms with Crippen LogP contribution in [0.3, 0.4) is 0 Å². The van der Waals surface area contributed by atoms with E-state index in [2.05, 4.69) is 0 Å². The van der Waals surface area contributed by atoms with Crippen molar-refractivity contribution < 1.29 is 13.9 Å². The number of para-hydroxylation sites is 1. The Bertz CT molecular complexity index is 792. The summed E-state index contributed by atoms with van der Waals surface area (Å²) in [5.41, 5.74) is 1.83. The number of carbonyl (C=O) groups is 1. The number of benzene rings is 2. The van der Waals surface area contributed by atoms with Crippen LogP contribution >= 0.6 is 0 Å². The highest BCUT2D eigenvalue weighted by atomic mass is 16.5. The zero-order valence-corrected chi connectivity index (χ0v) is 12.6. The maximum Gasteiger partial charge on any atom is 0.289 e. The minimum Gasteiger partial charge on any atom is -0.451 e. The monoisotopic (exact) mass is 307 g/mol. The first-order valence-electron chi connectivity index (χ1n) is 7.76. The molecular weight excluding hydrogens is 290 g/mol. The average molecular weight is 307 g/mol. The zero-order valence-electron chi connectivity index (χ0n) is 12.6. The molecule has 0 saturated carbocycles. The van der Waals surface area contributed by atoms with Crippen molar-refractivity contribution in [1.29, 1.82) is 0 Å². The molecule has 1 saturated heterocycles. The van der Waals surface area contributed by atoms with Gasteiger partial charge < -0.3 is 14.1 Å². The molecule has 1 fully saturated rings. The summed E-state index contributed by atoms with van der Waals surface area (Å²) in [6.45, 7) is 1.66. The van der Waals surface area contributed by atoms with Crippen LogP contribution in [0, 0.1) is 0 Å². The Morgan fingerprint density at radius 2 is 1.83 bits per heavy atom. The Hall–Kier alpha value is -2.59. The summed E-state index contributed by atoms with van der Waals surface area (Å²) in [6, 6.07) is 19.5. The van der Waals surface area contributed by atoms with Gasteiger partial charge in [0.25, 0.3) is 5.91 Å². The van der Waals surface area contributed by atoms with Crippen molar-refractivity contribution in [3.8, 4) is 0 Å². The molecule has 1 aliphatic rings. The molecule has 1 aliphatic heterocycles. The maximum atomic E-state index is 12.7. The van der Waals surface area contributed by atoms with Gasteiger partial charge in [0, 0.05) is 11.9 Å².